The molecule has 0 fully saturated rings. The fourth-order valence-electron chi connectivity index (χ4n) is 0.0538. The zero-order chi connectivity index (χ0) is 5.86. The van der Waals surface area contributed by atoms with Crippen molar-refractivity contribution in [1.29, 1.82) is 0 Å². The minimum Gasteiger partial charge on any atom is -0.365 e. The average molecular weight is 184 g/mol. The van der Waals surface area contributed by atoms with Gasteiger partial charge in [-0.25, -0.2) is 0 Å². The van der Waals surface area contributed by atoms with Crippen molar-refractivity contribution in [3.63, 3.8) is 0 Å². The lowest BCUT2D eigenvalue weighted by Gasteiger charge is -1.81. The summed E-state index contributed by atoms with van der Waals surface area (Å²) in [6, 6.07) is 0. The summed E-state index contributed by atoms with van der Waals surface area (Å²) in [5.74, 6) is -0.560. The number of amides is 1. The van der Waals surface area contributed by atoms with E-state index in [2.05, 4.69) is 15.9 Å². The predicted octanol–water partition coefficient (Wildman–Crippen LogP) is 0.947. The number of primary amides is 1. The Hall–Kier alpha value is -0.0200. The quantitative estimate of drug-likeness (QED) is 0.606. The second-order valence-corrected chi connectivity index (χ2v) is 1.89. The fourth-order valence-corrected chi connectivity index (χ4v) is 0.161. The summed E-state index contributed by atoms with van der Waals surface area (Å²) in [6.07, 6.45) is 0. The van der Waals surface area contributed by atoms with Crippen molar-refractivity contribution < 1.29 is 4.79 Å². The predicted molar refractivity (Wildman–Crippen MR) is 32.1 cm³/mol. The summed E-state index contributed by atoms with van der Waals surface area (Å²) >= 11 is 7.83. The SMILES string of the molecule is NC(=O)C(Br)=CCl. The lowest BCUT2D eigenvalue weighted by molar-refractivity contribution is -0.113. The van der Waals surface area contributed by atoms with E-state index in [1.54, 1.807) is 0 Å². The van der Waals surface area contributed by atoms with Crippen LogP contribution in [-0.2, 0) is 4.79 Å². The monoisotopic (exact) mass is 183 g/mol. The van der Waals surface area contributed by atoms with Crippen LogP contribution < -0.4 is 5.73 Å². The van der Waals surface area contributed by atoms with Gasteiger partial charge in [0.15, 0.2) is 0 Å². The summed E-state index contributed by atoms with van der Waals surface area (Å²) in [6.45, 7) is 0. The van der Waals surface area contributed by atoms with Crippen molar-refractivity contribution >= 4 is 33.4 Å². The van der Waals surface area contributed by atoms with Gasteiger partial charge in [0.2, 0.25) is 0 Å². The van der Waals surface area contributed by atoms with Gasteiger partial charge in [-0.05, 0) is 15.9 Å². The second kappa shape index (κ2) is 3.04. The van der Waals surface area contributed by atoms with Gasteiger partial charge in [-0.2, -0.15) is 0 Å². The van der Waals surface area contributed by atoms with Crippen LogP contribution in [0, 0.1) is 0 Å². The van der Waals surface area contributed by atoms with Gasteiger partial charge < -0.3 is 5.73 Å². The maximum absolute atomic E-state index is 9.95. The molecule has 0 aromatic heterocycles. The number of nitrogens with two attached hydrogens (primary N) is 1. The summed E-state index contributed by atoms with van der Waals surface area (Å²) < 4.78 is 0.189. The van der Waals surface area contributed by atoms with Crippen LogP contribution in [-0.4, -0.2) is 5.91 Å². The zero-order valence-electron chi connectivity index (χ0n) is 3.32. The molecule has 0 aromatic rings. The van der Waals surface area contributed by atoms with E-state index in [4.69, 9.17) is 17.3 Å². The van der Waals surface area contributed by atoms with E-state index in [9.17, 15) is 4.79 Å². The van der Waals surface area contributed by atoms with Gasteiger partial charge in [0.1, 0.15) is 0 Å². The van der Waals surface area contributed by atoms with Gasteiger partial charge in [0.25, 0.3) is 5.91 Å². The molecule has 0 heterocycles. The van der Waals surface area contributed by atoms with Crippen molar-refractivity contribution in [2.45, 2.75) is 0 Å². The van der Waals surface area contributed by atoms with Crippen LogP contribution in [0.3, 0.4) is 0 Å². The number of carbonyl (C=O) groups is 1. The Morgan fingerprint density at radius 3 is 2.29 bits per heavy atom. The Labute approximate surface area is 54.5 Å². The first kappa shape index (κ1) is 6.98. The molecule has 0 saturated carbocycles. The average Bonchev–Trinajstić information content (AvgIpc) is 1.65. The van der Waals surface area contributed by atoms with Crippen LogP contribution in [0.5, 0.6) is 0 Å². The number of carbonyl (C=O) groups excluding carboxylic acids is 1. The molecule has 40 valence electrons. The van der Waals surface area contributed by atoms with Crippen LogP contribution in [0.4, 0.5) is 0 Å². The molecule has 4 heteroatoms. The number of hydrogen-bond acceptors (Lipinski definition) is 1. The van der Waals surface area contributed by atoms with Gasteiger partial charge in [0, 0.05) is 5.54 Å². The van der Waals surface area contributed by atoms with E-state index in [-0.39, 0.29) is 4.48 Å². The molecule has 0 rings (SSSR count). The van der Waals surface area contributed by atoms with Crippen LogP contribution in [0.1, 0.15) is 0 Å². The molecule has 1 amide bonds. The summed E-state index contributed by atoms with van der Waals surface area (Å²) in [7, 11) is 0. The first-order valence-electron chi connectivity index (χ1n) is 1.44. The Balaban J connectivity index is 3.82. The van der Waals surface area contributed by atoms with E-state index in [1.165, 1.54) is 0 Å². The highest BCUT2D eigenvalue weighted by Crippen LogP contribution is 2.03. The minimum absolute atomic E-state index is 0.189. The molecule has 0 radical (unpaired) electrons. The summed E-state index contributed by atoms with van der Waals surface area (Å²) in [5.41, 5.74) is 5.78. The van der Waals surface area contributed by atoms with E-state index in [0.29, 0.717) is 0 Å². The fraction of sp³-hybridized carbons (Fsp3) is 0. The molecule has 0 unspecified atom stereocenters. The normalized spacial score (nSPS) is 11.4. The number of hydrogen-bond donors (Lipinski definition) is 1. The largest absolute Gasteiger partial charge is 0.365 e. The van der Waals surface area contributed by atoms with Crippen LogP contribution in [0.15, 0.2) is 10.0 Å². The van der Waals surface area contributed by atoms with Crippen molar-refractivity contribution in [2.75, 3.05) is 0 Å². The van der Waals surface area contributed by atoms with E-state index >= 15 is 0 Å². The standard InChI is InChI=1S/C3H3BrClNO/c4-2(1-5)3(6)7/h1H,(H2,6,7). The molecule has 0 bridgehead atoms. The molecule has 2 nitrogen and oxygen atoms in total. The summed E-state index contributed by atoms with van der Waals surface area (Å²) in [5, 5.41) is 0. The Kier molecular flexibility index (Phi) is 3.04. The van der Waals surface area contributed by atoms with E-state index < -0.39 is 5.91 Å². The Bertz CT molecular complexity index is 112. The lowest BCUT2D eigenvalue weighted by atomic mass is 10.6. The zero-order valence-corrected chi connectivity index (χ0v) is 5.66. The third-order valence-corrected chi connectivity index (χ3v) is 1.43. The second-order valence-electron chi connectivity index (χ2n) is 0.821. The molecule has 2 N–H and O–H groups in total. The van der Waals surface area contributed by atoms with Gasteiger partial charge in [-0.1, -0.05) is 11.6 Å². The van der Waals surface area contributed by atoms with Crippen LogP contribution in [0.25, 0.3) is 0 Å². The maximum Gasteiger partial charge on any atom is 0.256 e. The van der Waals surface area contributed by atoms with Crippen molar-refractivity contribution in [3.05, 3.63) is 10.0 Å². The first-order valence-corrected chi connectivity index (χ1v) is 2.67. The molecular weight excluding hydrogens is 181 g/mol. The van der Waals surface area contributed by atoms with E-state index in [1.807, 2.05) is 0 Å². The Morgan fingerprint density at radius 1 is 1.86 bits per heavy atom. The van der Waals surface area contributed by atoms with Gasteiger partial charge in [-0.15, -0.1) is 0 Å². The Morgan fingerprint density at radius 2 is 2.29 bits per heavy atom. The molecule has 0 spiro atoms. The topological polar surface area (TPSA) is 43.1 Å². The first-order chi connectivity index (χ1) is 3.18. The molecule has 0 atom stereocenters. The minimum atomic E-state index is -0.560. The van der Waals surface area contributed by atoms with Gasteiger partial charge in [0.05, 0.1) is 4.48 Å². The third kappa shape index (κ3) is 2.65. The highest BCUT2D eigenvalue weighted by atomic mass is 79.9. The molecule has 0 aliphatic heterocycles. The number of halogens is 2. The highest BCUT2D eigenvalue weighted by molar-refractivity contribution is 9.12. The third-order valence-electron chi connectivity index (χ3n) is 0.331. The molecule has 7 heavy (non-hydrogen) atoms. The molecule has 0 saturated heterocycles. The van der Waals surface area contributed by atoms with Gasteiger partial charge >= 0.3 is 0 Å². The molecular formula is C3H3BrClNO. The van der Waals surface area contributed by atoms with Gasteiger partial charge in [-0.3, -0.25) is 4.79 Å². The molecule has 0 aromatic carbocycles. The van der Waals surface area contributed by atoms with E-state index in [0.717, 1.165) is 5.54 Å². The van der Waals surface area contributed by atoms with Crippen LogP contribution >= 0.6 is 27.5 Å². The lowest BCUT2D eigenvalue weighted by Crippen LogP contribution is -2.09. The molecule has 0 aliphatic carbocycles. The van der Waals surface area contributed by atoms with Crippen molar-refractivity contribution in [1.82, 2.24) is 0 Å². The van der Waals surface area contributed by atoms with Crippen molar-refractivity contribution in [2.24, 2.45) is 5.73 Å². The maximum atomic E-state index is 9.95. The summed E-state index contributed by atoms with van der Waals surface area (Å²) in [4.78, 5) is 9.95. The van der Waals surface area contributed by atoms with Crippen LogP contribution in [0.2, 0.25) is 0 Å². The number of rotatable bonds is 1. The van der Waals surface area contributed by atoms with Crippen molar-refractivity contribution in [3.8, 4) is 0 Å². The molecule has 0 aliphatic rings. The highest BCUT2D eigenvalue weighted by Gasteiger charge is 1.94. The smallest absolute Gasteiger partial charge is 0.256 e.